The quantitative estimate of drug-likeness (QED) is 0.447. The molecule has 0 spiro atoms. The molecule has 1 aliphatic rings. The maximum absolute atomic E-state index is 5.74. The molecule has 0 amide bonds. The minimum atomic E-state index is 0.264. The second kappa shape index (κ2) is 11.8. The first-order valence-corrected chi connectivity index (χ1v) is 11.3. The van der Waals surface area contributed by atoms with Crippen LogP contribution in [0.2, 0.25) is 0 Å². The van der Waals surface area contributed by atoms with Crippen LogP contribution >= 0.6 is 0 Å². The molecule has 0 radical (unpaired) electrons. The predicted molar refractivity (Wildman–Crippen MR) is 124 cm³/mol. The predicted octanol–water partition coefficient (Wildman–Crippen LogP) is 2.25. The maximum Gasteiger partial charge on any atom is 0.191 e. The number of hydrogen-bond acceptors (Lipinski definition) is 5. The molecule has 1 aromatic heterocycles. The van der Waals surface area contributed by atoms with E-state index in [-0.39, 0.29) is 6.10 Å². The number of aryl methyl sites for hydroxylation is 1. The fourth-order valence-corrected chi connectivity index (χ4v) is 3.58. The summed E-state index contributed by atoms with van der Waals surface area (Å²) in [5, 5.41) is 15.3. The molecule has 1 saturated heterocycles. The molecular weight excluding hydrogens is 390 g/mol. The average Bonchev–Trinajstić information content (AvgIpc) is 3.41. The van der Waals surface area contributed by atoms with Gasteiger partial charge in [-0.2, -0.15) is 0 Å². The van der Waals surface area contributed by atoms with Crippen LogP contribution in [-0.4, -0.2) is 64.5 Å². The third-order valence-electron chi connectivity index (χ3n) is 5.96. The molecular formula is C23H37N7O. The van der Waals surface area contributed by atoms with Gasteiger partial charge in [0, 0.05) is 39.3 Å². The number of benzene rings is 1. The lowest BCUT2D eigenvalue weighted by Gasteiger charge is -2.25. The van der Waals surface area contributed by atoms with Crippen molar-refractivity contribution in [1.82, 2.24) is 30.3 Å². The molecule has 2 atom stereocenters. The van der Waals surface area contributed by atoms with Crippen molar-refractivity contribution in [2.45, 2.75) is 58.3 Å². The summed E-state index contributed by atoms with van der Waals surface area (Å²) in [5.41, 5.74) is 1.34. The van der Waals surface area contributed by atoms with Crippen molar-refractivity contribution in [3.8, 4) is 0 Å². The Morgan fingerprint density at radius 2 is 2.10 bits per heavy atom. The Bertz CT molecular complexity index is 815. The van der Waals surface area contributed by atoms with Gasteiger partial charge in [-0.25, -0.2) is 4.99 Å². The Balaban J connectivity index is 1.50. The molecule has 1 aliphatic heterocycles. The number of rotatable bonds is 10. The highest BCUT2D eigenvalue weighted by Gasteiger charge is 2.16. The van der Waals surface area contributed by atoms with Gasteiger partial charge in [0.15, 0.2) is 11.8 Å². The summed E-state index contributed by atoms with van der Waals surface area (Å²) in [7, 11) is 4.15. The van der Waals surface area contributed by atoms with E-state index in [9.17, 15) is 0 Å². The van der Waals surface area contributed by atoms with Crippen LogP contribution in [0.1, 0.15) is 43.4 Å². The van der Waals surface area contributed by atoms with Crippen LogP contribution in [0.3, 0.4) is 0 Å². The van der Waals surface area contributed by atoms with Gasteiger partial charge >= 0.3 is 0 Å². The molecule has 0 aliphatic carbocycles. The SMILES string of the molecule is Cc1nnc(CN=C(NCCC(C)N(C)Cc2ccccc2)NCC2CCCO2)n1C. The normalized spacial score (nSPS) is 17.8. The van der Waals surface area contributed by atoms with E-state index in [0.717, 1.165) is 63.1 Å². The summed E-state index contributed by atoms with van der Waals surface area (Å²) in [6, 6.07) is 11.1. The van der Waals surface area contributed by atoms with E-state index in [1.165, 1.54) is 5.56 Å². The smallest absolute Gasteiger partial charge is 0.191 e. The van der Waals surface area contributed by atoms with E-state index in [2.05, 4.69) is 70.0 Å². The molecule has 31 heavy (non-hydrogen) atoms. The Labute approximate surface area is 186 Å². The van der Waals surface area contributed by atoms with Gasteiger partial charge in [0.05, 0.1) is 6.10 Å². The lowest BCUT2D eigenvalue weighted by Crippen LogP contribution is -2.42. The summed E-state index contributed by atoms with van der Waals surface area (Å²) >= 11 is 0. The third kappa shape index (κ3) is 7.33. The van der Waals surface area contributed by atoms with Crippen molar-refractivity contribution in [1.29, 1.82) is 0 Å². The van der Waals surface area contributed by atoms with Crippen LogP contribution in [0.4, 0.5) is 0 Å². The van der Waals surface area contributed by atoms with Gasteiger partial charge in [0.2, 0.25) is 0 Å². The molecule has 2 unspecified atom stereocenters. The summed E-state index contributed by atoms with van der Waals surface area (Å²) in [5.74, 6) is 2.54. The second-order valence-electron chi connectivity index (χ2n) is 8.37. The molecule has 2 aromatic rings. The Morgan fingerprint density at radius 1 is 1.29 bits per heavy atom. The zero-order valence-electron chi connectivity index (χ0n) is 19.3. The molecule has 0 saturated carbocycles. The minimum absolute atomic E-state index is 0.264. The van der Waals surface area contributed by atoms with Crippen molar-refractivity contribution < 1.29 is 4.74 Å². The molecule has 2 heterocycles. The molecule has 0 bridgehead atoms. The van der Waals surface area contributed by atoms with Crippen molar-refractivity contribution >= 4 is 5.96 Å². The highest BCUT2D eigenvalue weighted by Crippen LogP contribution is 2.11. The topological polar surface area (TPSA) is 79.6 Å². The van der Waals surface area contributed by atoms with E-state index in [4.69, 9.17) is 9.73 Å². The fourth-order valence-electron chi connectivity index (χ4n) is 3.58. The molecule has 1 fully saturated rings. The maximum atomic E-state index is 5.74. The molecule has 170 valence electrons. The largest absolute Gasteiger partial charge is 0.376 e. The average molecular weight is 428 g/mol. The summed E-state index contributed by atoms with van der Waals surface area (Å²) in [6.45, 7) is 8.12. The first-order valence-electron chi connectivity index (χ1n) is 11.3. The first kappa shape index (κ1) is 23.2. The van der Waals surface area contributed by atoms with E-state index >= 15 is 0 Å². The molecule has 3 rings (SSSR count). The summed E-state index contributed by atoms with van der Waals surface area (Å²) in [4.78, 5) is 7.13. The number of aliphatic imine (C=N–C) groups is 1. The van der Waals surface area contributed by atoms with Crippen LogP contribution in [0.15, 0.2) is 35.3 Å². The van der Waals surface area contributed by atoms with Gasteiger partial charge in [-0.3, -0.25) is 4.90 Å². The summed E-state index contributed by atoms with van der Waals surface area (Å²) in [6.07, 6.45) is 3.52. The lowest BCUT2D eigenvalue weighted by molar-refractivity contribution is 0.113. The molecule has 8 heteroatoms. The van der Waals surface area contributed by atoms with Gasteiger partial charge in [0.25, 0.3) is 0 Å². The first-order chi connectivity index (χ1) is 15.0. The van der Waals surface area contributed by atoms with Crippen molar-refractivity contribution in [2.24, 2.45) is 12.0 Å². The van der Waals surface area contributed by atoms with Crippen molar-refractivity contribution in [3.63, 3.8) is 0 Å². The van der Waals surface area contributed by atoms with Gasteiger partial charge in [-0.05, 0) is 45.7 Å². The van der Waals surface area contributed by atoms with Crippen LogP contribution in [0.25, 0.3) is 0 Å². The fraction of sp³-hybridized carbons (Fsp3) is 0.609. The number of nitrogens with one attached hydrogen (secondary N) is 2. The summed E-state index contributed by atoms with van der Waals surface area (Å²) < 4.78 is 7.71. The number of ether oxygens (including phenoxy) is 1. The Morgan fingerprint density at radius 3 is 2.77 bits per heavy atom. The third-order valence-corrected chi connectivity index (χ3v) is 5.96. The van der Waals surface area contributed by atoms with Crippen LogP contribution in [0.5, 0.6) is 0 Å². The van der Waals surface area contributed by atoms with Gasteiger partial charge < -0.3 is 19.9 Å². The monoisotopic (exact) mass is 427 g/mol. The van der Waals surface area contributed by atoms with E-state index in [1.54, 1.807) is 0 Å². The number of hydrogen-bond donors (Lipinski definition) is 2. The van der Waals surface area contributed by atoms with E-state index in [0.29, 0.717) is 12.6 Å². The van der Waals surface area contributed by atoms with Crippen molar-refractivity contribution in [3.05, 3.63) is 47.5 Å². The standard InChI is InChI=1S/C23H37N7O/c1-18(29(3)17-20-9-6-5-7-10-20)12-13-24-23(25-15-21-11-8-14-31-21)26-16-22-28-27-19(2)30(22)4/h5-7,9-10,18,21H,8,11-17H2,1-4H3,(H2,24,25,26). The van der Waals surface area contributed by atoms with Crippen molar-refractivity contribution in [2.75, 3.05) is 26.7 Å². The van der Waals surface area contributed by atoms with Gasteiger partial charge in [-0.1, -0.05) is 30.3 Å². The van der Waals surface area contributed by atoms with Gasteiger partial charge in [0.1, 0.15) is 12.4 Å². The number of aromatic nitrogens is 3. The Hall–Kier alpha value is -2.45. The lowest BCUT2D eigenvalue weighted by atomic mass is 10.1. The zero-order valence-corrected chi connectivity index (χ0v) is 19.3. The van der Waals surface area contributed by atoms with E-state index < -0.39 is 0 Å². The number of nitrogens with zero attached hydrogens (tertiary/aromatic N) is 5. The minimum Gasteiger partial charge on any atom is -0.376 e. The highest BCUT2D eigenvalue weighted by atomic mass is 16.5. The zero-order chi connectivity index (χ0) is 22.1. The highest BCUT2D eigenvalue weighted by molar-refractivity contribution is 5.79. The van der Waals surface area contributed by atoms with Crippen LogP contribution in [-0.2, 0) is 24.9 Å². The van der Waals surface area contributed by atoms with Gasteiger partial charge in [-0.15, -0.1) is 10.2 Å². The molecule has 2 N–H and O–H groups in total. The molecule has 8 nitrogen and oxygen atoms in total. The second-order valence-corrected chi connectivity index (χ2v) is 8.37. The van der Waals surface area contributed by atoms with Crippen LogP contribution in [0, 0.1) is 6.92 Å². The van der Waals surface area contributed by atoms with Crippen LogP contribution < -0.4 is 10.6 Å². The molecule has 1 aromatic carbocycles. The number of guanidine groups is 1. The van der Waals surface area contributed by atoms with E-state index in [1.807, 2.05) is 18.5 Å². The Kier molecular flexibility index (Phi) is 8.85.